The summed E-state index contributed by atoms with van der Waals surface area (Å²) in [6.07, 6.45) is 0.106. The molecule has 6 heteroatoms. The minimum absolute atomic E-state index is 0.0646. The van der Waals surface area contributed by atoms with Crippen LogP contribution in [0.2, 0.25) is 0 Å². The van der Waals surface area contributed by atoms with Crippen LogP contribution < -0.4 is 10.3 Å². The molecule has 0 aliphatic heterocycles. The summed E-state index contributed by atoms with van der Waals surface area (Å²) in [6.45, 7) is 2.24. The molecule has 0 aliphatic carbocycles. The Morgan fingerprint density at radius 3 is 2.52 bits per heavy atom. The van der Waals surface area contributed by atoms with Gasteiger partial charge >= 0.3 is 0 Å². The number of aliphatic hydroxyl groups excluding tert-OH is 1. The van der Waals surface area contributed by atoms with Gasteiger partial charge in [-0.3, -0.25) is 4.79 Å². The van der Waals surface area contributed by atoms with Crippen LogP contribution in [0.5, 0.6) is 5.75 Å². The van der Waals surface area contributed by atoms with Gasteiger partial charge in [0.1, 0.15) is 24.2 Å². The predicted molar refractivity (Wildman–Crippen MR) is 117 cm³/mol. The van der Waals surface area contributed by atoms with E-state index in [-0.39, 0.29) is 18.7 Å². The Labute approximate surface area is 172 Å². The highest BCUT2D eigenvalue weighted by atomic mass is 32.1. The number of rotatable bonds is 7. The molecule has 29 heavy (non-hydrogen) atoms. The number of benzene rings is 2. The Balaban J connectivity index is 1.57. The number of aliphatic hydroxyl groups is 1. The Bertz CT molecular complexity index is 1150. The molecule has 0 amide bonds. The van der Waals surface area contributed by atoms with Crippen LogP contribution in [-0.2, 0) is 13.0 Å². The number of hydrogen-bond acceptors (Lipinski definition) is 5. The van der Waals surface area contributed by atoms with Crippen molar-refractivity contribution in [2.24, 2.45) is 0 Å². The lowest BCUT2D eigenvalue weighted by atomic mass is 10.1. The van der Waals surface area contributed by atoms with E-state index >= 15 is 0 Å². The molecule has 0 bridgehead atoms. The largest absolute Gasteiger partial charge is 0.491 e. The van der Waals surface area contributed by atoms with E-state index in [1.807, 2.05) is 60.0 Å². The van der Waals surface area contributed by atoms with Gasteiger partial charge in [0.2, 0.25) is 0 Å². The molecule has 1 unspecified atom stereocenters. The van der Waals surface area contributed by atoms with Crippen LogP contribution in [0.15, 0.2) is 70.8 Å². The first-order chi connectivity index (χ1) is 14.2. The van der Waals surface area contributed by atoms with E-state index in [1.165, 1.54) is 10.2 Å². The van der Waals surface area contributed by atoms with Crippen LogP contribution in [0, 0.1) is 0 Å². The first-order valence-corrected chi connectivity index (χ1v) is 10.5. The summed E-state index contributed by atoms with van der Waals surface area (Å²) in [4.78, 5) is 13.9. The fraction of sp³-hybridized carbons (Fsp3) is 0.217. The van der Waals surface area contributed by atoms with Gasteiger partial charge in [-0.25, -0.2) is 4.68 Å². The van der Waals surface area contributed by atoms with Crippen molar-refractivity contribution in [3.8, 4) is 16.3 Å². The van der Waals surface area contributed by atoms with E-state index in [1.54, 1.807) is 17.4 Å². The second-order valence-corrected chi connectivity index (χ2v) is 7.77. The maximum atomic E-state index is 12.9. The van der Waals surface area contributed by atoms with E-state index in [9.17, 15) is 9.90 Å². The third kappa shape index (κ3) is 4.23. The molecule has 0 saturated heterocycles. The van der Waals surface area contributed by atoms with Gasteiger partial charge in [-0.1, -0.05) is 43.3 Å². The van der Waals surface area contributed by atoms with Gasteiger partial charge in [0.25, 0.3) is 5.56 Å². The molecule has 4 aromatic rings. The third-order valence-corrected chi connectivity index (χ3v) is 5.66. The van der Waals surface area contributed by atoms with Crippen molar-refractivity contribution in [1.82, 2.24) is 9.78 Å². The zero-order valence-electron chi connectivity index (χ0n) is 16.1. The molecular formula is C23H22N2O3S. The van der Waals surface area contributed by atoms with Gasteiger partial charge in [0, 0.05) is 5.39 Å². The van der Waals surface area contributed by atoms with Crippen LogP contribution in [0.1, 0.15) is 12.5 Å². The highest BCUT2D eigenvalue weighted by molar-refractivity contribution is 7.13. The summed E-state index contributed by atoms with van der Waals surface area (Å²) in [5, 5.41) is 18.4. The van der Waals surface area contributed by atoms with Crippen molar-refractivity contribution in [2.45, 2.75) is 26.0 Å². The maximum absolute atomic E-state index is 12.9. The minimum Gasteiger partial charge on any atom is -0.491 e. The first-order valence-electron chi connectivity index (χ1n) is 9.59. The van der Waals surface area contributed by atoms with E-state index in [0.29, 0.717) is 11.1 Å². The summed E-state index contributed by atoms with van der Waals surface area (Å²) in [6, 6.07) is 19.2. The van der Waals surface area contributed by atoms with Crippen molar-refractivity contribution in [3.05, 3.63) is 82.0 Å². The molecule has 1 N–H and O–H groups in total. The highest BCUT2D eigenvalue weighted by Gasteiger charge is 2.15. The zero-order valence-corrected chi connectivity index (χ0v) is 16.9. The average molecular weight is 407 g/mol. The molecule has 5 nitrogen and oxygen atoms in total. The molecule has 4 rings (SSSR count). The summed E-state index contributed by atoms with van der Waals surface area (Å²) in [5.74, 6) is 0.694. The fourth-order valence-electron chi connectivity index (χ4n) is 3.22. The summed E-state index contributed by atoms with van der Waals surface area (Å²) >= 11 is 1.57. The monoisotopic (exact) mass is 406 g/mol. The Kier molecular flexibility index (Phi) is 5.74. The van der Waals surface area contributed by atoms with Crippen LogP contribution in [-0.4, -0.2) is 27.6 Å². The van der Waals surface area contributed by atoms with E-state index < -0.39 is 6.10 Å². The van der Waals surface area contributed by atoms with Crippen LogP contribution >= 0.6 is 11.3 Å². The molecule has 0 saturated carbocycles. The second-order valence-electron chi connectivity index (χ2n) is 6.82. The van der Waals surface area contributed by atoms with Crippen LogP contribution in [0.25, 0.3) is 21.3 Å². The van der Waals surface area contributed by atoms with Gasteiger partial charge in [0.15, 0.2) is 0 Å². The molecule has 0 aliphatic rings. The van der Waals surface area contributed by atoms with Crippen molar-refractivity contribution in [2.75, 3.05) is 6.61 Å². The lowest BCUT2D eigenvalue weighted by Crippen LogP contribution is -2.32. The molecule has 2 aromatic carbocycles. The van der Waals surface area contributed by atoms with Crippen molar-refractivity contribution in [3.63, 3.8) is 0 Å². The molecule has 2 aromatic heterocycles. The molecule has 148 valence electrons. The van der Waals surface area contributed by atoms with Crippen LogP contribution in [0.4, 0.5) is 0 Å². The van der Waals surface area contributed by atoms with Gasteiger partial charge in [-0.05, 0) is 41.6 Å². The fourth-order valence-corrected chi connectivity index (χ4v) is 3.94. The van der Waals surface area contributed by atoms with E-state index in [2.05, 4.69) is 12.0 Å². The summed E-state index contributed by atoms with van der Waals surface area (Å²) in [5.41, 5.74) is 1.76. The zero-order chi connectivity index (χ0) is 20.2. The molecular weight excluding hydrogens is 384 g/mol. The number of thiophene rings is 1. The number of ether oxygens (including phenoxy) is 1. The lowest BCUT2D eigenvalue weighted by molar-refractivity contribution is 0.0882. The molecule has 2 heterocycles. The molecule has 1 atom stereocenters. The maximum Gasteiger partial charge on any atom is 0.274 e. The Hall–Kier alpha value is -2.96. The topological polar surface area (TPSA) is 64.3 Å². The molecule has 0 spiro atoms. The van der Waals surface area contributed by atoms with Gasteiger partial charge in [-0.2, -0.15) is 5.10 Å². The predicted octanol–water partition coefficient (Wildman–Crippen LogP) is 4.13. The number of fused-ring (bicyclic) bond motifs is 1. The number of aromatic nitrogens is 2. The Morgan fingerprint density at radius 2 is 1.83 bits per heavy atom. The van der Waals surface area contributed by atoms with E-state index in [0.717, 1.165) is 22.4 Å². The lowest BCUT2D eigenvalue weighted by Gasteiger charge is -2.15. The SMILES string of the molecule is CCc1ccc(OCC(O)Cn2nc(-c3cccs3)c3ccccc3c2=O)cc1. The second kappa shape index (κ2) is 8.59. The normalized spacial score (nSPS) is 12.2. The van der Waals surface area contributed by atoms with E-state index in [4.69, 9.17) is 4.74 Å². The van der Waals surface area contributed by atoms with Crippen molar-refractivity contribution in [1.29, 1.82) is 0 Å². The molecule has 0 fully saturated rings. The number of hydrogen-bond donors (Lipinski definition) is 1. The average Bonchev–Trinajstić information content (AvgIpc) is 3.29. The number of nitrogens with zero attached hydrogens (tertiary/aromatic N) is 2. The Morgan fingerprint density at radius 1 is 1.07 bits per heavy atom. The standard InChI is InChI=1S/C23H22N2O3S/c1-2-16-9-11-18(12-10-16)28-15-17(26)14-25-23(27)20-7-4-3-6-19(20)22(24-25)21-8-5-13-29-21/h3-13,17,26H,2,14-15H2,1H3. The smallest absolute Gasteiger partial charge is 0.274 e. The van der Waals surface area contributed by atoms with Gasteiger partial charge in [0.05, 0.1) is 16.8 Å². The molecule has 0 radical (unpaired) electrons. The van der Waals surface area contributed by atoms with Crippen molar-refractivity contribution < 1.29 is 9.84 Å². The number of aryl methyl sites for hydroxylation is 1. The summed E-state index contributed by atoms with van der Waals surface area (Å²) < 4.78 is 7.02. The third-order valence-electron chi connectivity index (χ3n) is 4.78. The quantitative estimate of drug-likeness (QED) is 0.501. The van der Waals surface area contributed by atoms with Crippen molar-refractivity contribution >= 4 is 22.1 Å². The van der Waals surface area contributed by atoms with Crippen LogP contribution in [0.3, 0.4) is 0 Å². The van der Waals surface area contributed by atoms with Gasteiger partial charge in [-0.15, -0.1) is 11.3 Å². The summed E-state index contributed by atoms with van der Waals surface area (Å²) in [7, 11) is 0. The highest BCUT2D eigenvalue weighted by Crippen LogP contribution is 2.28. The minimum atomic E-state index is -0.858. The van der Waals surface area contributed by atoms with Gasteiger partial charge < -0.3 is 9.84 Å². The first kappa shape index (κ1) is 19.4.